The number of hydrogen-bond donors (Lipinski definition) is 2. The predicted octanol–water partition coefficient (Wildman–Crippen LogP) is 8.74. The average molecular weight is 567 g/mol. The molecule has 0 bridgehead atoms. The van der Waals surface area contributed by atoms with Gasteiger partial charge in [-0.2, -0.15) is 0 Å². The van der Waals surface area contributed by atoms with Gasteiger partial charge < -0.3 is 0 Å². The summed E-state index contributed by atoms with van der Waals surface area (Å²) < 4.78 is 5.64. The second-order valence-electron chi connectivity index (χ2n) is 9.91. The summed E-state index contributed by atoms with van der Waals surface area (Å²) in [6.07, 6.45) is 21.7. The van der Waals surface area contributed by atoms with Crippen LogP contribution in [0.4, 0.5) is 0 Å². The van der Waals surface area contributed by atoms with Crippen molar-refractivity contribution >= 4 is 18.4 Å². The third kappa shape index (κ3) is 16.1. The molecule has 0 heterocycles. The second-order valence-corrected chi connectivity index (χ2v) is 23.1. The van der Waals surface area contributed by atoms with Crippen molar-refractivity contribution in [2.24, 2.45) is 0 Å². The zero-order valence-corrected chi connectivity index (χ0v) is 25.7. The van der Waals surface area contributed by atoms with Gasteiger partial charge in [-0.05, 0) is 0 Å². The normalized spacial score (nSPS) is 14.3. The molecule has 0 aliphatic carbocycles. The SMILES string of the molecule is CCCCCC(O)C#C/C=C\[C](=C/C(O)CCCCC)[Sn]([CH2]CCC)([CH2]CCC)[CH2]CCC. The topological polar surface area (TPSA) is 40.5 Å². The molecular formula is C30H56O2Sn. The van der Waals surface area contributed by atoms with Gasteiger partial charge in [-0.1, -0.05) is 0 Å². The van der Waals surface area contributed by atoms with Gasteiger partial charge in [0.25, 0.3) is 0 Å². The molecule has 2 N–H and O–H groups in total. The molecular weight excluding hydrogens is 511 g/mol. The van der Waals surface area contributed by atoms with Gasteiger partial charge in [-0.3, -0.25) is 0 Å². The Morgan fingerprint density at radius 1 is 0.697 bits per heavy atom. The van der Waals surface area contributed by atoms with E-state index in [1.807, 2.05) is 6.08 Å². The molecule has 2 unspecified atom stereocenters. The van der Waals surface area contributed by atoms with Gasteiger partial charge in [0.15, 0.2) is 0 Å². The summed E-state index contributed by atoms with van der Waals surface area (Å²) in [6.45, 7) is 11.3. The van der Waals surface area contributed by atoms with E-state index in [0.717, 1.165) is 38.5 Å². The van der Waals surface area contributed by atoms with Crippen LogP contribution in [-0.2, 0) is 0 Å². The van der Waals surface area contributed by atoms with Crippen LogP contribution in [0.2, 0.25) is 13.3 Å². The number of aliphatic hydroxyl groups is 2. The molecule has 0 fully saturated rings. The molecule has 0 saturated heterocycles. The summed E-state index contributed by atoms with van der Waals surface area (Å²) in [6, 6.07) is 0. The van der Waals surface area contributed by atoms with Gasteiger partial charge >= 0.3 is 212 Å². The first-order valence-corrected chi connectivity index (χ1v) is 21.7. The van der Waals surface area contributed by atoms with Crippen molar-refractivity contribution in [3.8, 4) is 11.8 Å². The van der Waals surface area contributed by atoms with Crippen molar-refractivity contribution in [3.63, 3.8) is 0 Å². The fourth-order valence-electron chi connectivity index (χ4n) is 4.59. The number of allylic oxidation sites excluding steroid dienone is 3. The Morgan fingerprint density at radius 2 is 1.18 bits per heavy atom. The van der Waals surface area contributed by atoms with E-state index in [2.05, 4.69) is 58.6 Å². The van der Waals surface area contributed by atoms with Crippen molar-refractivity contribution in [2.45, 2.75) is 150 Å². The van der Waals surface area contributed by atoms with E-state index in [4.69, 9.17) is 0 Å². The molecule has 192 valence electrons. The van der Waals surface area contributed by atoms with Gasteiger partial charge in [0, 0.05) is 0 Å². The van der Waals surface area contributed by atoms with E-state index in [9.17, 15) is 10.2 Å². The van der Waals surface area contributed by atoms with Gasteiger partial charge in [0.2, 0.25) is 0 Å². The van der Waals surface area contributed by atoms with Crippen LogP contribution in [0.15, 0.2) is 21.8 Å². The Balaban J connectivity index is 5.87. The molecule has 33 heavy (non-hydrogen) atoms. The number of hydrogen-bond acceptors (Lipinski definition) is 2. The van der Waals surface area contributed by atoms with Crippen molar-refractivity contribution in [2.75, 3.05) is 0 Å². The van der Waals surface area contributed by atoms with Crippen molar-refractivity contribution in [1.82, 2.24) is 0 Å². The fraction of sp³-hybridized carbons (Fsp3) is 0.800. The van der Waals surface area contributed by atoms with Crippen LogP contribution in [0.5, 0.6) is 0 Å². The molecule has 0 aromatic heterocycles. The van der Waals surface area contributed by atoms with Crippen LogP contribution in [-0.4, -0.2) is 40.8 Å². The van der Waals surface area contributed by atoms with Crippen LogP contribution >= 0.6 is 0 Å². The van der Waals surface area contributed by atoms with Crippen LogP contribution in [0.1, 0.15) is 125 Å². The van der Waals surface area contributed by atoms with E-state index in [0.29, 0.717) is 0 Å². The maximum atomic E-state index is 10.9. The Bertz CT molecular complexity index is 548. The minimum absolute atomic E-state index is 0.343. The van der Waals surface area contributed by atoms with Crippen molar-refractivity contribution in [3.05, 3.63) is 21.8 Å². The van der Waals surface area contributed by atoms with Crippen LogP contribution in [0, 0.1) is 11.8 Å². The predicted molar refractivity (Wildman–Crippen MR) is 150 cm³/mol. The molecule has 3 heteroatoms. The summed E-state index contributed by atoms with van der Waals surface area (Å²) >= 11 is -2.66. The Morgan fingerprint density at radius 3 is 1.67 bits per heavy atom. The Hall–Kier alpha value is -0.241. The molecule has 0 aromatic carbocycles. The molecule has 0 spiro atoms. The molecule has 0 amide bonds. The molecule has 2 nitrogen and oxygen atoms in total. The summed E-state index contributed by atoms with van der Waals surface area (Å²) in [5.74, 6) is 6.16. The molecule has 0 aliphatic heterocycles. The summed E-state index contributed by atoms with van der Waals surface area (Å²) in [5.41, 5.74) is 0. The Labute approximate surface area is 211 Å². The van der Waals surface area contributed by atoms with Gasteiger partial charge in [-0.15, -0.1) is 0 Å². The second kappa shape index (κ2) is 22.2. The maximum absolute atomic E-state index is 10.9. The Kier molecular flexibility index (Phi) is 22.1. The third-order valence-electron chi connectivity index (χ3n) is 6.79. The summed E-state index contributed by atoms with van der Waals surface area (Å²) in [4.78, 5) is 0. The van der Waals surface area contributed by atoms with E-state index in [1.54, 1.807) is 0 Å². The molecule has 0 radical (unpaired) electrons. The molecule has 2 atom stereocenters. The first kappa shape index (κ1) is 32.8. The minimum atomic E-state index is -2.66. The number of rotatable bonds is 20. The average Bonchev–Trinajstić information content (AvgIpc) is 2.81. The van der Waals surface area contributed by atoms with Gasteiger partial charge in [0.1, 0.15) is 0 Å². The molecule has 0 rings (SSSR count). The number of unbranched alkanes of at least 4 members (excludes halogenated alkanes) is 7. The monoisotopic (exact) mass is 568 g/mol. The van der Waals surface area contributed by atoms with Gasteiger partial charge in [-0.25, -0.2) is 0 Å². The zero-order valence-electron chi connectivity index (χ0n) is 22.8. The zero-order chi connectivity index (χ0) is 24.8. The van der Waals surface area contributed by atoms with Crippen molar-refractivity contribution < 1.29 is 10.2 Å². The van der Waals surface area contributed by atoms with E-state index in [-0.39, 0.29) is 6.10 Å². The van der Waals surface area contributed by atoms with E-state index < -0.39 is 24.5 Å². The van der Waals surface area contributed by atoms with E-state index in [1.165, 1.54) is 68.3 Å². The third-order valence-corrected chi connectivity index (χ3v) is 22.5. The molecule has 0 aromatic rings. The quantitative estimate of drug-likeness (QED) is 0.0669. The van der Waals surface area contributed by atoms with E-state index >= 15 is 0 Å². The summed E-state index contributed by atoms with van der Waals surface area (Å²) in [7, 11) is 0. The fourth-order valence-corrected chi connectivity index (χ4v) is 20.8. The van der Waals surface area contributed by atoms with Crippen LogP contribution < -0.4 is 0 Å². The molecule has 0 saturated carbocycles. The molecule has 0 aliphatic rings. The number of aliphatic hydroxyl groups excluding tert-OH is 2. The summed E-state index contributed by atoms with van der Waals surface area (Å²) in [5, 5.41) is 21.1. The standard InChI is InChI=1S/C18H29O2.3C4H9.Sn/c1-3-5-9-13-17(19)15-11-7-8-12-16-18(20)14-10-6-4-2;3*1-3-4-2;/h7-8,15,17-20H,3-6,9-10,13-14H2,1-2H3;3*1,3-4H2,2H3;/b8-7-,15-11?;;;;. The van der Waals surface area contributed by atoms with Crippen LogP contribution in [0.3, 0.4) is 0 Å². The first-order valence-electron chi connectivity index (χ1n) is 14.3. The van der Waals surface area contributed by atoms with Gasteiger partial charge in [0.05, 0.1) is 0 Å². The van der Waals surface area contributed by atoms with Crippen molar-refractivity contribution in [1.29, 1.82) is 0 Å². The van der Waals surface area contributed by atoms with Crippen LogP contribution in [0.25, 0.3) is 0 Å². The first-order chi connectivity index (χ1) is 16.0.